The SMILES string of the molecule is COc1ccc(Br)cc1S(=O)(=O)Nc1cc(Cl)cc(S(C)(=O)=O)c1O. The molecular weight excluding hydrogens is 458 g/mol. The van der Waals surface area contributed by atoms with E-state index in [0.717, 1.165) is 18.4 Å². The van der Waals surface area contributed by atoms with Gasteiger partial charge in [-0.2, -0.15) is 0 Å². The number of ether oxygens (including phenoxy) is 1. The number of phenols is 1. The number of methoxy groups -OCH3 is 1. The first-order valence-electron chi connectivity index (χ1n) is 6.54. The third kappa shape index (κ3) is 4.38. The molecule has 25 heavy (non-hydrogen) atoms. The lowest BCUT2D eigenvalue weighted by molar-refractivity contribution is 0.402. The number of halogens is 2. The summed E-state index contributed by atoms with van der Waals surface area (Å²) in [5, 5.41) is 10.1. The first-order chi connectivity index (χ1) is 11.5. The molecule has 2 aromatic carbocycles. The van der Waals surface area contributed by atoms with Crippen molar-refractivity contribution in [1.29, 1.82) is 0 Å². The zero-order chi connectivity index (χ0) is 19.0. The number of sulfonamides is 1. The number of aromatic hydroxyl groups is 1. The number of rotatable bonds is 5. The molecule has 0 heterocycles. The topological polar surface area (TPSA) is 110 Å². The Morgan fingerprint density at radius 3 is 2.32 bits per heavy atom. The second-order valence-electron chi connectivity index (χ2n) is 4.97. The standard InChI is InChI=1S/C14H13BrClNO6S2/c1-23-11-4-3-8(15)5-12(11)25(21,22)17-10-6-9(16)7-13(14(10)18)24(2,19)20/h3-7,17-18H,1-2H3. The van der Waals surface area contributed by atoms with Crippen molar-refractivity contribution in [2.24, 2.45) is 0 Å². The minimum atomic E-state index is -4.20. The van der Waals surface area contributed by atoms with Crippen molar-refractivity contribution in [1.82, 2.24) is 0 Å². The number of hydrogen-bond acceptors (Lipinski definition) is 6. The highest BCUT2D eigenvalue weighted by molar-refractivity contribution is 9.10. The Bertz CT molecular complexity index is 1040. The van der Waals surface area contributed by atoms with Gasteiger partial charge < -0.3 is 9.84 Å². The van der Waals surface area contributed by atoms with E-state index in [4.69, 9.17) is 16.3 Å². The fraction of sp³-hybridized carbons (Fsp3) is 0.143. The number of nitrogens with one attached hydrogen (secondary N) is 1. The van der Waals surface area contributed by atoms with Crippen molar-refractivity contribution in [2.75, 3.05) is 18.1 Å². The summed E-state index contributed by atoms with van der Waals surface area (Å²) in [6.45, 7) is 0. The molecule has 0 spiro atoms. The van der Waals surface area contributed by atoms with Crippen LogP contribution < -0.4 is 9.46 Å². The molecule has 0 saturated carbocycles. The average molecular weight is 471 g/mol. The van der Waals surface area contributed by atoms with Crippen LogP contribution in [0.5, 0.6) is 11.5 Å². The normalized spacial score (nSPS) is 12.0. The summed E-state index contributed by atoms with van der Waals surface area (Å²) >= 11 is 9.01. The lowest BCUT2D eigenvalue weighted by Crippen LogP contribution is -2.15. The van der Waals surface area contributed by atoms with Gasteiger partial charge in [-0.05, 0) is 30.3 Å². The predicted octanol–water partition coefficient (Wildman–Crippen LogP) is 3.02. The van der Waals surface area contributed by atoms with Crippen LogP contribution in [0.4, 0.5) is 5.69 Å². The van der Waals surface area contributed by atoms with Crippen molar-refractivity contribution in [3.8, 4) is 11.5 Å². The van der Waals surface area contributed by atoms with Crippen molar-refractivity contribution in [3.63, 3.8) is 0 Å². The molecule has 7 nitrogen and oxygen atoms in total. The number of hydrogen-bond donors (Lipinski definition) is 2. The zero-order valence-electron chi connectivity index (χ0n) is 12.9. The lowest BCUT2D eigenvalue weighted by Gasteiger charge is -2.14. The smallest absolute Gasteiger partial charge is 0.265 e. The molecule has 0 unspecified atom stereocenters. The van der Waals surface area contributed by atoms with Crippen molar-refractivity contribution >= 4 is 53.1 Å². The van der Waals surface area contributed by atoms with E-state index in [9.17, 15) is 21.9 Å². The van der Waals surface area contributed by atoms with Gasteiger partial charge >= 0.3 is 0 Å². The Morgan fingerprint density at radius 2 is 1.76 bits per heavy atom. The van der Waals surface area contributed by atoms with Crippen molar-refractivity contribution in [3.05, 3.63) is 39.8 Å². The molecule has 0 aliphatic heterocycles. The summed E-state index contributed by atoms with van der Waals surface area (Å²) in [6, 6.07) is 6.48. The van der Waals surface area contributed by atoms with E-state index in [2.05, 4.69) is 20.7 Å². The highest BCUT2D eigenvalue weighted by Crippen LogP contribution is 2.37. The van der Waals surface area contributed by atoms with E-state index in [1.807, 2.05) is 0 Å². The number of sulfone groups is 1. The molecule has 2 N–H and O–H groups in total. The number of anilines is 1. The largest absolute Gasteiger partial charge is 0.504 e. The maximum atomic E-state index is 12.6. The van der Waals surface area contributed by atoms with E-state index in [0.29, 0.717) is 4.47 Å². The molecule has 0 saturated heterocycles. The van der Waals surface area contributed by atoms with Gasteiger partial charge in [-0.1, -0.05) is 27.5 Å². The van der Waals surface area contributed by atoms with Crippen LogP contribution in [0.2, 0.25) is 5.02 Å². The number of phenolic OH excluding ortho intramolecular Hbond substituents is 1. The van der Waals surface area contributed by atoms with Crippen molar-refractivity contribution in [2.45, 2.75) is 9.79 Å². The summed E-state index contributed by atoms with van der Waals surface area (Å²) in [5.74, 6) is -0.676. The molecule has 0 atom stereocenters. The Morgan fingerprint density at radius 1 is 1.12 bits per heavy atom. The van der Waals surface area contributed by atoms with E-state index in [1.54, 1.807) is 6.07 Å². The van der Waals surface area contributed by atoms with Gasteiger partial charge in [0.15, 0.2) is 15.6 Å². The summed E-state index contributed by atoms with van der Waals surface area (Å²) in [4.78, 5) is -0.691. The van der Waals surface area contributed by atoms with E-state index < -0.39 is 30.5 Å². The van der Waals surface area contributed by atoms with Gasteiger partial charge in [-0.15, -0.1) is 0 Å². The molecule has 0 aliphatic rings. The van der Waals surface area contributed by atoms with Gasteiger partial charge in [0, 0.05) is 15.8 Å². The highest BCUT2D eigenvalue weighted by Gasteiger charge is 2.24. The van der Waals surface area contributed by atoms with Crippen LogP contribution in [-0.4, -0.2) is 35.3 Å². The van der Waals surface area contributed by atoms with Crippen LogP contribution in [0, 0.1) is 0 Å². The Hall–Kier alpha value is -1.49. The van der Waals surface area contributed by atoms with Crippen LogP contribution in [-0.2, 0) is 19.9 Å². The molecule has 136 valence electrons. The minimum absolute atomic E-state index is 0.0582. The molecular formula is C14H13BrClNO6S2. The maximum absolute atomic E-state index is 12.6. The quantitative estimate of drug-likeness (QED) is 0.650. The molecule has 2 rings (SSSR count). The first kappa shape index (κ1) is 19.8. The van der Waals surface area contributed by atoms with E-state index >= 15 is 0 Å². The second-order valence-corrected chi connectivity index (χ2v) is 9.96. The molecule has 0 bridgehead atoms. The van der Waals surface area contributed by atoms with Gasteiger partial charge in [0.05, 0.1) is 12.8 Å². The van der Waals surface area contributed by atoms with Gasteiger partial charge in [0.2, 0.25) is 0 Å². The highest BCUT2D eigenvalue weighted by atomic mass is 79.9. The average Bonchev–Trinajstić information content (AvgIpc) is 2.49. The third-order valence-electron chi connectivity index (χ3n) is 3.10. The van der Waals surface area contributed by atoms with Crippen LogP contribution in [0.25, 0.3) is 0 Å². The molecule has 11 heteroatoms. The molecule has 0 aliphatic carbocycles. The summed E-state index contributed by atoms with van der Waals surface area (Å²) in [7, 11) is -6.71. The van der Waals surface area contributed by atoms with Crippen LogP contribution in [0.15, 0.2) is 44.6 Å². The Kier molecular flexibility index (Phi) is 5.57. The Balaban J connectivity index is 2.60. The van der Waals surface area contributed by atoms with Gasteiger partial charge in [0.1, 0.15) is 15.5 Å². The van der Waals surface area contributed by atoms with Gasteiger partial charge in [-0.3, -0.25) is 4.72 Å². The molecule has 0 amide bonds. The van der Waals surface area contributed by atoms with Gasteiger partial charge in [-0.25, -0.2) is 16.8 Å². The van der Waals surface area contributed by atoms with Crippen LogP contribution >= 0.6 is 27.5 Å². The Labute approximate surface area is 158 Å². The third-order valence-corrected chi connectivity index (χ3v) is 6.31. The summed E-state index contributed by atoms with van der Waals surface area (Å²) in [6.07, 6.45) is 0.869. The van der Waals surface area contributed by atoms with E-state index in [1.165, 1.54) is 19.2 Å². The van der Waals surface area contributed by atoms with Crippen molar-refractivity contribution < 1.29 is 26.7 Å². The summed E-state index contributed by atoms with van der Waals surface area (Å²) < 4.78 is 56.4. The predicted molar refractivity (Wildman–Crippen MR) is 97.7 cm³/mol. The maximum Gasteiger partial charge on any atom is 0.265 e. The molecule has 0 radical (unpaired) electrons. The summed E-state index contributed by atoms with van der Waals surface area (Å²) in [5.41, 5.74) is -0.366. The first-order valence-corrected chi connectivity index (χ1v) is 11.1. The number of benzene rings is 2. The monoisotopic (exact) mass is 469 g/mol. The second kappa shape index (κ2) is 7.02. The molecule has 2 aromatic rings. The fourth-order valence-corrected chi connectivity index (χ4v) is 4.85. The lowest BCUT2D eigenvalue weighted by atomic mass is 10.3. The van der Waals surface area contributed by atoms with Gasteiger partial charge in [0.25, 0.3) is 10.0 Å². The fourth-order valence-electron chi connectivity index (χ4n) is 1.99. The molecule has 0 fully saturated rings. The zero-order valence-corrected chi connectivity index (χ0v) is 16.9. The molecule has 0 aromatic heterocycles. The van der Waals surface area contributed by atoms with Crippen LogP contribution in [0.1, 0.15) is 0 Å². The van der Waals surface area contributed by atoms with E-state index in [-0.39, 0.29) is 21.4 Å². The van der Waals surface area contributed by atoms with Crippen LogP contribution in [0.3, 0.4) is 0 Å². The minimum Gasteiger partial charge on any atom is -0.504 e.